The van der Waals surface area contributed by atoms with Gasteiger partial charge in [0.1, 0.15) is 5.82 Å². The first kappa shape index (κ1) is 12.7. The number of ketones is 1. The van der Waals surface area contributed by atoms with Gasteiger partial charge in [0.05, 0.1) is 10.0 Å². The molecule has 0 amide bonds. The molecule has 0 saturated carbocycles. The van der Waals surface area contributed by atoms with E-state index in [4.69, 9.17) is 0 Å². The fraction of sp³-hybridized carbons (Fsp3) is 0.462. The van der Waals surface area contributed by atoms with E-state index in [9.17, 15) is 9.18 Å². The first-order valence-electron chi connectivity index (χ1n) is 5.86. The van der Waals surface area contributed by atoms with Crippen molar-refractivity contribution in [3.8, 4) is 0 Å². The highest BCUT2D eigenvalue weighted by atomic mass is 79.9. The molecule has 1 atom stereocenters. The summed E-state index contributed by atoms with van der Waals surface area (Å²) >= 11 is 3.09. The van der Waals surface area contributed by atoms with E-state index in [2.05, 4.69) is 21.2 Å². The summed E-state index contributed by atoms with van der Waals surface area (Å²) in [7, 11) is 0. The third-order valence-corrected chi connectivity index (χ3v) is 3.81. The van der Waals surface area contributed by atoms with Gasteiger partial charge in [-0.3, -0.25) is 4.79 Å². The molecular weight excluding hydrogens is 285 g/mol. The fourth-order valence-electron chi connectivity index (χ4n) is 2.15. The number of halogens is 2. The number of hydrogen-bond donors (Lipinski definition) is 1. The SMILES string of the molecule is O=C(CCC1CCNC1)c1cccc(Br)c1F. The quantitative estimate of drug-likeness (QED) is 0.865. The van der Waals surface area contributed by atoms with Crippen LogP contribution in [0.15, 0.2) is 22.7 Å². The van der Waals surface area contributed by atoms with Crippen molar-refractivity contribution in [2.45, 2.75) is 19.3 Å². The van der Waals surface area contributed by atoms with Crippen molar-refractivity contribution in [1.29, 1.82) is 0 Å². The molecule has 1 aromatic carbocycles. The Hall–Kier alpha value is -0.740. The van der Waals surface area contributed by atoms with Crippen LogP contribution in [0.2, 0.25) is 0 Å². The molecule has 0 radical (unpaired) electrons. The number of hydrogen-bond acceptors (Lipinski definition) is 2. The van der Waals surface area contributed by atoms with Crippen LogP contribution in [0.1, 0.15) is 29.6 Å². The lowest BCUT2D eigenvalue weighted by Gasteiger charge is -2.08. The van der Waals surface area contributed by atoms with Gasteiger partial charge < -0.3 is 5.32 Å². The molecule has 0 spiro atoms. The molecule has 4 heteroatoms. The predicted octanol–water partition coefficient (Wildman–Crippen LogP) is 3.16. The zero-order valence-electron chi connectivity index (χ0n) is 9.51. The van der Waals surface area contributed by atoms with Crippen molar-refractivity contribution < 1.29 is 9.18 Å². The average Bonchev–Trinajstić information content (AvgIpc) is 2.82. The zero-order valence-corrected chi connectivity index (χ0v) is 11.1. The van der Waals surface area contributed by atoms with Gasteiger partial charge in [-0.05, 0) is 59.9 Å². The molecule has 0 aromatic heterocycles. The standard InChI is InChI=1S/C13H15BrFNO/c14-11-3-1-2-10(13(11)15)12(17)5-4-9-6-7-16-8-9/h1-3,9,16H,4-8H2. The topological polar surface area (TPSA) is 29.1 Å². The van der Waals surface area contributed by atoms with Crippen LogP contribution in [0.3, 0.4) is 0 Å². The normalized spacial score (nSPS) is 19.5. The lowest BCUT2D eigenvalue weighted by molar-refractivity contribution is 0.0970. The second kappa shape index (κ2) is 5.74. The van der Waals surface area contributed by atoms with Crippen LogP contribution in [0, 0.1) is 11.7 Å². The van der Waals surface area contributed by atoms with Gasteiger partial charge in [-0.2, -0.15) is 0 Å². The van der Waals surface area contributed by atoms with E-state index in [0.717, 1.165) is 25.9 Å². The predicted molar refractivity (Wildman–Crippen MR) is 68.6 cm³/mol. The van der Waals surface area contributed by atoms with Crippen LogP contribution in [0.25, 0.3) is 0 Å². The van der Waals surface area contributed by atoms with E-state index in [0.29, 0.717) is 16.8 Å². The highest BCUT2D eigenvalue weighted by Gasteiger charge is 2.18. The lowest BCUT2D eigenvalue weighted by atomic mass is 9.98. The molecule has 1 heterocycles. The molecule has 1 aromatic rings. The summed E-state index contributed by atoms with van der Waals surface area (Å²) in [6.07, 6.45) is 2.39. The van der Waals surface area contributed by atoms with Crippen molar-refractivity contribution in [2.75, 3.05) is 13.1 Å². The number of carbonyl (C=O) groups is 1. The summed E-state index contributed by atoms with van der Waals surface area (Å²) < 4.78 is 14.0. The molecular formula is C13H15BrFNO. The van der Waals surface area contributed by atoms with Crippen LogP contribution >= 0.6 is 15.9 Å². The first-order chi connectivity index (χ1) is 8.18. The van der Waals surface area contributed by atoms with Crippen LogP contribution < -0.4 is 5.32 Å². The Morgan fingerprint density at radius 3 is 3.06 bits per heavy atom. The van der Waals surface area contributed by atoms with E-state index in [1.54, 1.807) is 18.2 Å². The summed E-state index contributed by atoms with van der Waals surface area (Å²) in [6, 6.07) is 4.85. The maximum absolute atomic E-state index is 13.7. The van der Waals surface area contributed by atoms with Crippen molar-refractivity contribution in [3.63, 3.8) is 0 Å². The van der Waals surface area contributed by atoms with E-state index < -0.39 is 5.82 Å². The Morgan fingerprint density at radius 1 is 1.53 bits per heavy atom. The Morgan fingerprint density at radius 2 is 2.35 bits per heavy atom. The Labute approximate surface area is 109 Å². The summed E-state index contributed by atoms with van der Waals surface area (Å²) in [5.74, 6) is 0.0203. The minimum absolute atomic E-state index is 0.101. The number of Topliss-reactive ketones (excluding diaryl/α,β-unsaturated/α-hetero) is 1. The van der Waals surface area contributed by atoms with Gasteiger partial charge in [0.2, 0.25) is 0 Å². The second-order valence-corrected chi connectivity index (χ2v) is 5.28. The van der Waals surface area contributed by atoms with E-state index >= 15 is 0 Å². The molecule has 1 unspecified atom stereocenters. The molecule has 2 nitrogen and oxygen atoms in total. The highest BCUT2D eigenvalue weighted by Crippen LogP contribution is 2.22. The largest absolute Gasteiger partial charge is 0.316 e. The van der Waals surface area contributed by atoms with Gasteiger partial charge >= 0.3 is 0 Å². The molecule has 1 fully saturated rings. The van der Waals surface area contributed by atoms with E-state index in [-0.39, 0.29) is 11.3 Å². The molecule has 1 aliphatic heterocycles. The Balaban J connectivity index is 1.97. The highest BCUT2D eigenvalue weighted by molar-refractivity contribution is 9.10. The molecule has 2 rings (SSSR count). The molecule has 0 bridgehead atoms. The molecule has 0 aliphatic carbocycles. The maximum Gasteiger partial charge on any atom is 0.165 e. The van der Waals surface area contributed by atoms with Gasteiger partial charge in [-0.15, -0.1) is 0 Å². The van der Waals surface area contributed by atoms with Gasteiger partial charge in [-0.1, -0.05) is 6.07 Å². The summed E-state index contributed by atoms with van der Waals surface area (Å²) in [6.45, 7) is 2.01. The number of nitrogens with one attached hydrogen (secondary N) is 1. The summed E-state index contributed by atoms with van der Waals surface area (Å²) in [4.78, 5) is 11.9. The van der Waals surface area contributed by atoms with Crippen molar-refractivity contribution in [2.24, 2.45) is 5.92 Å². The lowest BCUT2D eigenvalue weighted by Crippen LogP contribution is -2.11. The van der Waals surface area contributed by atoms with Gasteiger partial charge in [-0.25, -0.2) is 4.39 Å². The second-order valence-electron chi connectivity index (χ2n) is 4.42. The number of benzene rings is 1. The molecule has 17 heavy (non-hydrogen) atoms. The fourth-order valence-corrected chi connectivity index (χ4v) is 2.52. The zero-order chi connectivity index (χ0) is 12.3. The number of carbonyl (C=O) groups excluding carboxylic acids is 1. The van der Waals surface area contributed by atoms with E-state index in [1.807, 2.05) is 0 Å². The summed E-state index contributed by atoms with van der Waals surface area (Å²) in [5.41, 5.74) is 0.199. The molecule has 92 valence electrons. The Kier molecular flexibility index (Phi) is 4.29. The van der Waals surface area contributed by atoms with Gasteiger partial charge in [0, 0.05) is 6.42 Å². The minimum atomic E-state index is -0.443. The monoisotopic (exact) mass is 299 g/mol. The summed E-state index contributed by atoms with van der Waals surface area (Å²) in [5, 5.41) is 3.26. The van der Waals surface area contributed by atoms with Gasteiger partial charge in [0.15, 0.2) is 5.78 Å². The molecule has 1 N–H and O–H groups in total. The maximum atomic E-state index is 13.7. The molecule has 1 aliphatic rings. The average molecular weight is 300 g/mol. The van der Waals surface area contributed by atoms with Crippen LogP contribution in [0.5, 0.6) is 0 Å². The van der Waals surface area contributed by atoms with Crippen molar-refractivity contribution in [3.05, 3.63) is 34.1 Å². The van der Waals surface area contributed by atoms with Crippen LogP contribution in [0.4, 0.5) is 4.39 Å². The van der Waals surface area contributed by atoms with E-state index in [1.165, 1.54) is 0 Å². The van der Waals surface area contributed by atoms with Crippen LogP contribution in [-0.4, -0.2) is 18.9 Å². The van der Waals surface area contributed by atoms with Crippen molar-refractivity contribution in [1.82, 2.24) is 5.32 Å². The van der Waals surface area contributed by atoms with Gasteiger partial charge in [0.25, 0.3) is 0 Å². The molecule has 1 saturated heterocycles. The third kappa shape index (κ3) is 3.13. The minimum Gasteiger partial charge on any atom is -0.316 e. The van der Waals surface area contributed by atoms with Crippen molar-refractivity contribution >= 4 is 21.7 Å². The first-order valence-corrected chi connectivity index (χ1v) is 6.65. The van der Waals surface area contributed by atoms with Crippen LogP contribution in [-0.2, 0) is 0 Å². The smallest absolute Gasteiger partial charge is 0.165 e. The Bertz CT molecular complexity index is 416. The third-order valence-electron chi connectivity index (χ3n) is 3.19. The number of rotatable bonds is 4.